The van der Waals surface area contributed by atoms with Gasteiger partial charge >= 0.3 is 41.8 Å². The highest BCUT2D eigenvalue weighted by molar-refractivity contribution is 6.00. The van der Waals surface area contributed by atoms with E-state index in [1.54, 1.807) is 12.1 Å². The number of esters is 3. The Bertz CT molecular complexity index is 2030. The first-order valence-corrected chi connectivity index (χ1v) is 16.8. The molecule has 3 aromatic rings. The summed E-state index contributed by atoms with van der Waals surface area (Å²) in [6.45, 7) is 2.54. The number of unbranched alkanes of at least 4 members (excludes halogenated alkanes) is 1. The Balaban J connectivity index is 1.31. The number of fused-ring (bicyclic) bond motifs is 6. The second-order valence-electron chi connectivity index (χ2n) is 12.5. The second kappa shape index (κ2) is 16.4. The molecule has 0 aromatic heterocycles. The normalized spacial score (nSPS) is 14.0. The van der Waals surface area contributed by atoms with E-state index in [1.165, 1.54) is 56.3 Å². The Kier molecular flexibility index (Phi) is 11.7. The molecule has 55 heavy (non-hydrogen) atoms. The summed E-state index contributed by atoms with van der Waals surface area (Å²) >= 11 is 0. The van der Waals surface area contributed by atoms with Crippen LogP contribution in [-0.4, -0.2) is 81.7 Å². The van der Waals surface area contributed by atoms with Crippen molar-refractivity contribution < 1.29 is 72.6 Å². The lowest BCUT2D eigenvalue weighted by molar-refractivity contribution is -0.141. The van der Waals surface area contributed by atoms with Crippen LogP contribution in [0.25, 0.3) is 0 Å². The number of nitrogens with one attached hydrogen (secondary N) is 3. The molecular weight excluding hydrogens is 726 g/mol. The maximum atomic E-state index is 13.4. The van der Waals surface area contributed by atoms with Crippen molar-refractivity contribution in [2.75, 3.05) is 6.54 Å². The van der Waals surface area contributed by atoms with Gasteiger partial charge in [-0.05, 0) is 68.1 Å². The van der Waals surface area contributed by atoms with E-state index < -0.39 is 78.3 Å². The van der Waals surface area contributed by atoms with E-state index in [4.69, 9.17) is 24.1 Å². The number of rotatable bonds is 15. The van der Waals surface area contributed by atoms with Crippen molar-refractivity contribution in [3.05, 3.63) is 82.4 Å². The summed E-state index contributed by atoms with van der Waals surface area (Å²) in [6, 6.07) is 9.34. The van der Waals surface area contributed by atoms with Crippen LogP contribution in [0.2, 0.25) is 0 Å². The van der Waals surface area contributed by atoms with Crippen LogP contribution in [0.3, 0.4) is 0 Å². The molecule has 0 bridgehead atoms. The minimum absolute atomic E-state index is 0.0778. The Labute approximate surface area is 311 Å². The molecule has 5 rings (SSSR count). The number of carbonyl (C=O) groups excluding carboxylic acids is 5. The van der Waals surface area contributed by atoms with E-state index in [0.717, 1.165) is 0 Å². The molecule has 3 aromatic carbocycles. The average Bonchev–Trinajstić information content (AvgIpc) is 3.39. The number of aliphatic carboxylic acids is 3. The largest absolute Gasteiger partial charge is 0.481 e. The molecule has 288 valence electrons. The lowest BCUT2D eigenvalue weighted by Gasteiger charge is -2.36. The lowest BCUT2D eigenvalue weighted by atomic mass is 9.77. The highest BCUT2D eigenvalue weighted by Gasteiger charge is 2.54. The summed E-state index contributed by atoms with van der Waals surface area (Å²) in [5.41, 5.74) is -0.308. The van der Waals surface area contributed by atoms with Crippen LogP contribution in [0.1, 0.15) is 83.4 Å². The first kappa shape index (κ1) is 39.2. The van der Waals surface area contributed by atoms with E-state index in [-0.39, 0.29) is 59.9 Å². The topological polar surface area (TPSA) is 270 Å². The number of benzene rings is 3. The smallest absolute Gasteiger partial charge is 0.340 e. The average molecular weight is 762 g/mol. The molecule has 2 atom stereocenters. The van der Waals surface area contributed by atoms with Crippen LogP contribution in [0, 0.1) is 0 Å². The van der Waals surface area contributed by atoms with Crippen molar-refractivity contribution in [1.82, 2.24) is 16.0 Å². The quantitative estimate of drug-likeness (QED) is 0.0738. The van der Waals surface area contributed by atoms with Gasteiger partial charge in [-0.15, -0.1) is 0 Å². The van der Waals surface area contributed by atoms with E-state index in [2.05, 4.69) is 16.0 Å². The minimum atomic E-state index is -1.64. The summed E-state index contributed by atoms with van der Waals surface area (Å²) in [5.74, 6) is -5.92. The highest BCUT2D eigenvalue weighted by Crippen LogP contribution is 2.57. The van der Waals surface area contributed by atoms with Crippen LogP contribution < -0.4 is 30.2 Å². The van der Waals surface area contributed by atoms with Gasteiger partial charge < -0.3 is 50.2 Å². The molecule has 0 saturated carbocycles. The number of urea groups is 1. The Hall–Kier alpha value is -6.98. The van der Waals surface area contributed by atoms with Crippen molar-refractivity contribution in [2.45, 2.75) is 63.6 Å². The first-order valence-electron chi connectivity index (χ1n) is 16.8. The molecule has 2 heterocycles. The van der Waals surface area contributed by atoms with Crippen molar-refractivity contribution in [1.29, 1.82) is 0 Å². The van der Waals surface area contributed by atoms with E-state index in [9.17, 15) is 48.6 Å². The number of amides is 3. The molecule has 18 nitrogen and oxygen atoms in total. The molecule has 18 heteroatoms. The van der Waals surface area contributed by atoms with Gasteiger partial charge in [0.1, 0.15) is 35.1 Å². The predicted octanol–water partition coefficient (Wildman–Crippen LogP) is 3.08. The molecule has 0 radical (unpaired) electrons. The Morgan fingerprint density at radius 1 is 0.727 bits per heavy atom. The molecule has 0 unspecified atom stereocenters. The van der Waals surface area contributed by atoms with Gasteiger partial charge in [0.05, 0.1) is 5.56 Å². The summed E-state index contributed by atoms with van der Waals surface area (Å²) in [7, 11) is 0. The van der Waals surface area contributed by atoms with Crippen LogP contribution in [0.4, 0.5) is 4.79 Å². The monoisotopic (exact) mass is 761 g/mol. The van der Waals surface area contributed by atoms with Crippen LogP contribution in [0.15, 0.2) is 54.6 Å². The molecule has 3 amide bonds. The highest BCUT2D eigenvalue weighted by atomic mass is 16.6. The van der Waals surface area contributed by atoms with Gasteiger partial charge in [0, 0.05) is 61.2 Å². The molecule has 0 aliphatic carbocycles. The summed E-state index contributed by atoms with van der Waals surface area (Å²) in [5, 5.41) is 34.6. The van der Waals surface area contributed by atoms with Crippen molar-refractivity contribution in [3.63, 3.8) is 0 Å². The predicted molar refractivity (Wildman–Crippen MR) is 185 cm³/mol. The van der Waals surface area contributed by atoms with Gasteiger partial charge in [0.15, 0.2) is 5.60 Å². The summed E-state index contributed by atoms with van der Waals surface area (Å²) < 4.78 is 22.7. The van der Waals surface area contributed by atoms with Crippen molar-refractivity contribution in [2.24, 2.45) is 0 Å². The summed E-state index contributed by atoms with van der Waals surface area (Å²) in [4.78, 5) is 96.3. The number of hydrogen-bond acceptors (Lipinski definition) is 12. The van der Waals surface area contributed by atoms with Crippen LogP contribution in [0.5, 0.6) is 23.0 Å². The van der Waals surface area contributed by atoms with Crippen molar-refractivity contribution >= 4 is 47.8 Å². The number of carboxylic acid groups (broad SMARTS) is 3. The van der Waals surface area contributed by atoms with Crippen molar-refractivity contribution in [3.8, 4) is 23.0 Å². The lowest BCUT2D eigenvalue weighted by Crippen LogP contribution is -2.51. The molecule has 2 aliphatic heterocycles. The van der Waals surface area contributed by atoms with Crippen LogP contribution >= 0.6 is 0 Å². The van der Waals surface area contributed by atoms with E-state index in [0.29, 0.717) is 16.7 Å². The van der Waals surface area contributed by atoms with Gasteiger partial charge in [0.2, 0.25) is 0 Å². The maximum absolute atomic E-state index is 13.4. The van der Waals surface area contributed by atoms with Crippen LogP contribution in [-0.2, 0) is 34.3 Å². The number of ether oxygens (including phenoxy) is 4. The van der Waals surface area contributed by atoms with Gasteiger partial charge in [-0.25, -0.2) is 19.2 Å². The SMILES string of the molecule is CC(=O)Oc1ccc2c(c1)Oc1cc(OC(C)=O)ccc1C21OC(=O)c2ccc(C(=O)NCCCC[C@H](NC(=O)N[C@@H](CCC(=O)O)C(=O)O)C(=O)O)cc21. The molecule has 6 N–H and O–H groups in total. The van der Waals surface area contributed by atoms with Gasteiger partial charge in [-0.3, -0.25) is 19.2 Å². The fraction of sp³-hybridized carbons (Fsp3) is 0.297. The standard InChI is InChI=1S/C37H35N3O15/c1-18(41)52-21-7-10-24-29(16-21)54-30-17-22(53-19(2)42)8-11-25(30)37(24)26-15-20(6-9-23(26)35(50)55-37)32(45)38-14-4-3-5-27(33(46)47)39-36(51)40-28(34(48)49)12-13-31(43)44/h6-11,15-17,27-28H,3-5,12-14H2,1-2H3,(H,38,45)(H,43,44)(H,46,47)(H,48,49)(H2,39,40,51)/t27-,28-/m0/s1. The van der Waals surface area contributed by atoms with E-state index >= 15 is 0 Å². The molecular formula is C37H35N3O15. The number of carboxylic acids is 3. The van der Waals surface area contributed by atoms with Gasteiger partial charge in [-0.1, -0.05) is 0 Å². The second-order valence-corrected chi connectivity index (χ2v) is 12.5. The fourth-order valence-electron chi connectivity index (χ4n) is 6.20. The molecule has 2 aliphatic rings. The summed E-state index contributed by atoms with van der Waals surface area (Å²) in [6.07, 6.45) is -0.520. The van der Waals surface area contributed by atoms with Gasteiger partial charge in [0.25, 0.3) is 5.91 Å². The molecule has 0 saturated heterocycles. The third-order valence-electron chi connectivity index (χ3n) is 8.59. The molecule has 0 fully saturated rings. The zero-order valence-electron chi connectivity index (χ0n) is 29.3. The fourth-order valence-corrected chi connectivity index (χ4v) is 6.20. The minimum Gasteiger partial charge on any atom is -0.481 e. The zero-order valence-corrected chi connectivity index (χ0v) is 29.3. The Morgan fingerprint density at radius 3 is 1.82 bits per heavy atom. The van der Waals surface area contributed by atoms with E-state index in [1.807, 2.05) is 0 Å². The Morgan fingerprint density at radius 2 is 1.29 bits per heavy atom. The maximum Gasteiger partial charge on any atom is 0.340 e. The first-order chi connectivity index (χ1) is 26.1. The zero-order chi connectivity index (χ0) is 40.0. The number of carbonyl (C=O) groups is 8. The third kappa shape index (κ3) is 8.81. The van der Waals surface area contributed by atoms with Gasteiger partial charge in [-0.2, -0.15) is 0 Å². The number of hydrogen-bond donors (Lipinski definition) is 6. The third-order valence-corrected chi connectivity index (χ3v) is 8.59. The molecule has 1 spiro atoms.